The Morgan fingerprint density at radius 3 is 2.73 bits per heavy atom. The van der Waals surface area contributed by atoms with Crippen molar-refractivity contribution >= 4 is 18.8 Å². The molecule has 4 heteroatoms. The van der Waals surface area contributed by atoms with Crippen molar-refractivity contribution < 1.29 is 4.79 Å². The van der Waals surface area contributed by atoms with Gasteiger partial charge >= 0.3 is 0 Å². The third-order valence-electron chi connectivity index (χ3n) is 3.57. The number of aliphatic imine (C=N–C) groups is 1. The van der Waals surface area contributed by atoms with Crippen molar-refractivity contribution in [2.45, 2.75) is 32.1 Å². The van der Waals surface area contributed by atoms with Crippen LogP contribution >= 0.6 is 0 Å². The van der Waals surface area contributed by atoms with E-state index in [2.05, 4.69) is 16.8 Å². The summed E-state index contributed by atoms with van der Waals surface area (Å²) in [4.78, 5) is 14.8. The number of nitrogens with zero attached hydrogens (tertiary/aromatic N) is 3. The number of hydrazone groups is 1. The van der Waals surface area contributed by atoms with Gasteiger partial charge in [0.1, 0.15) is 12.1 Å². The molecular weight excluding hydrogens is 190 g/mol. The summed E-state index contributed by atoms with van der Waals surface area (Å²) in [6, 6.07) is 0. The van der Waals surface area contributed by atoms with Gasteiger partial charge in [0.2, 0.25) is 0 Å². The maximum Gasteiger partial charge on any atom is 0.141 e. The second-order valence-electron chi connectivity index (χ2n) is 4.33. The smallest absolute Gasteiger partial charge is 0.141 e. The summed E-state index contributed by atoms with van der Waals surface area (Å²) >= 11 is 0. The van der Waals surface area contributed by atoms with Gasteiger partial charge in [-0.05, 0) is 19.3 Å². The molecule has 4 nitrogen and oxygen atoms in total. The highest BCUT2D eigenvalue weighted by molar-refractivity contribution is 5.91. The van der Waals surface area contributed by atoms with Crippen molar-refractivity contribution in [2.75, 3.05) is 13.1 Å². The minimum atomic E-state index is 0.212. The van der Waals surface area contributed by atoms with Crippen molar-refractivity contribution in [3.63, 3.8) is 0 Å². The lowest BCUT2D eigenvalue weighted by Gasteiger charge is -2.24. The zero-order valence-corrected chi connectivity index (χ0v) is 8.98. The van der Waals surface area contributed by atoms with E-state index >= 15 is 0 Å². The molecular formula is C11H17N3O. The highest BCUT2D eigenvalue weighted by atomic mass is 16.1. The van der Waals surface area contributed by atoms with Crippen molar-refractivity contribution in [1.82, 2.24) is 5.01 Å². The summed E-state index contributed by atoms with van der Waals surface area (Å²) in [6.07, 6.45) is 6.88. The molecule has 2 rings (SSSR count). The van der Waals surface area contributed by atoms with E-state index in [4.69, 9.17) is 0 Å². The first-order valence-corrected chi connectivity index (χ1v) is 5.55. The third-order valence-corrected chi connectivity index (χ3v) is 3.57. The van der Waals surface area contributed by atoms with Gasteiger partial charge in [0.25, 0.3) is 0 Å². The molecule has 82 valence electrons. The van der Waals surface area contributed by atoms with Crippen molar-refractivity contribution in [3.8, 4) is 0 Å². The average molecular weight is 207 g/mol. The quantitative estimate of drug-likeness (QED) is 0.519. The van der Waals surface area contributed by atoms with Crippen LogP contribution in [-0.4, -0.2) is 36.9 Å². The van der Waals surface area contributed by atoms with Gasteiger partial charge in [-0.1, -0.05) is 12.8 Å². The van der Waals surface area contributed by atoms with Gasteiger partial charge in [-0.3, -0.25) is 10.0 Å². The van der Waals surface area contributed by atoms with Gasteiger partial charge in [-0.15, -0.1) is 0 Å². The maximum absolute atomic E-state index is 10.4. The Hall–Kier alpha value is -1.19. The van der Waals surface area contributed by atoms with Crippen LogP contribution in [0.2, 0.25) is 0 Å². The third kappa shape index (κ3) is 1.68. The normalized spacial score (nSPS) is 26.4. The molecule has 0 amide bonds. The van der Waals surface area contributed by atoms with Crippen LogP contribution in [0.1, 0.15) is 32.1 Å². The van der Waals surface area contributed by atoms with Crippen LogP contribution in [-0.2, 0) is 4.79 Å². The fourth-order valence-electron chi connectivity index (χ4n) is 2.85. The van der Waals surface area contributed by atoms with Gasteiger partial charge in [0.05, 0.1) is 6.54 Å². The number of amidine groups is 1. The number of rotatable bonds is 3. The average Bonchev–Trinajstić information content (AvgIpc) is 2.85. The highest BCUT2D eigenvalue weighted by Gasteiger charge is 2.45. The summed E-state index contributed by atoms with van der Waals surface area (Å²) in [6.45, 7) is 4.72. The van der Waals surface area contributed by atoms with E-state index < -0.39 is 0 Å². The Labute approximate surface area is 90.1 Å². The fourth-order valence-corrected chi connectivity index (χ4v) is 2.85. The second kappa shape index (κ2) is 4.13. The van der Waals surface area contributed by atoms with E-state index in [0.717, 1.165) is 25.1 Å². The second-order valence-corrected chi connectivity index (χ2v) is 4.33. The molecule has 1 saturated carbocycles. The molecule has 0 radical (unpaired) electrons. The van der Waals surface area contributed by atoms with E-state index in [0.29, 0.717) is 0 Å². The number of hydrogen-bond donors (Lipinski definition) is 0. The fraction of sp³-hybridized carbons (Fsp3) is 0.727. The summed E-state index contributed by atoms with van der Waals surface area (Å²) in [5, 5.41) is 5.85. The van der Waals surface area contributed by atoms with Crippen LogP contribution in [0, 0.1) is 5.41 Å². The number of hydrogen-bond acceptors (Lipinski definition) is 3. The molecule has 0 aromatic rings. The van der Waals surface area contributed by atoms with Crippen LogP contribution in [0.15, 0.2) is 10.1 Å². The molecule has 0 unspecified atom stereocenters. The lowest BCUT2D eigenvalue weighted by molar-refractivity contribution is -0.106. The predicted molar refractivity (Wildman–Crippen MR) is 60.1 cm³/mol. The molecule has 1 aliphatic heterocycles. The lowest BCUT2D eigenvalue weighted by Crippen LogP contribution is -2.30. The molecule has 0 aromatic carbocycles. The van der Waals surface area contributed by atoms with E-state index in [1.807, 2.05) is 5.01 Å². The zero-order valence-electron chi connectivity index (χ0n) is 8.98. The molecule has 0 bridgehead atoms. The highest BCUT2D eigenvalue weighted by Crippen LogP contribution is 2.46. The maximum atomic E-state index is 10.4. The van der Waals surface area contributed by atoms with Crippen LogP contribution in [0.25, 0.3) is 0 Å². The van der Waals surface area contributed by atoms with Crippen LogP contribution in [0.5, 0.6) is 0 Å². The van der Waals surface area contributed by atoms with E-state index in [9.17, 15) is 4.79 Å². The summed E-state index contributed by atoms with van der Waals surface area (Å²) in [7, 11) is 0. The predicted octanol–water partition coefficient (Wildman–Crippen LogP) is 1.47. The van der Waals surface area contributed by atoms with E-state index in [-0.39, 0.29) is 12.0 Å². The van der Waals surface area contributed by atoms with Gasteiger partial charge in [0.15, 0.2) is 0 Å². The Bertz CT molecular complexity index is 292. The van der Waals surface area contributed by atoms with Gasteiger partial charge in [-0.25, -0.2) is 0 Å². The van der Waals surface area contributed by atoms with E-state index in [1.54, 1.807) is 0 Å². The Morgan fingerprint density at radius 2 is 2.13 bits per heavy atom. The minimum absolute atomic E-state index is 0.212. The standard InChI is InChI=1S/C11H17N3O/c1-12-14-8-6-11(4-2-3-5-11)10(14)13-7-9-15/h9H,1-8H2. The van der Waals surface area contributed by atoms with Gasteiger partial charge in [0, 0.05) is 18.7 Å². The number of carbonyl (C=O) groups is 1. The van der Waals surface area contributed by atoms with Crippen LogP contribution in [0.4, 0.5) is 0 Å². The molecule has 0 N–H and O–H groups in total. The monoisotopic (exact) mass is 207 g/mol. The van der Waals surface area contributed by atoms with Crippen LogP contribution < -0.4 is 0 Å². The summed E-state index contributed by atoms with van der Waals surface area (Å²) in [5.74, 6) is 1.00. The Balaban J connectivity index is 2.24. The summed E-state index contributed by atoms with van der Waals surface area (Å²) < 4.78 is 0. The SMILES string of the molecule is C=NN1CCC2(CCCC2)C1=NCC=O. The number of carbonyl (C=O) groups excluding carboxylic acids is 1. The molecule has 2 aliphatic rings. The summed E-state index contributed by atoms with van der Waals surface area (Å²) in [5.41, 5.74) is 0.212. The number of aldehydes is 1. The molecule has 1 saturated heterocycles. The first-order valence-electron chi connectivity index (χ1n) is 5.55. The largest absolute Gasteiger partial charge is 0.301 e. The first-order chi connectivity index (χ1) is 7.32. The van der Waals surface area contributed by atoms with Crippen molar-refractivity contribution in [3.05, 3.63) is 0 Å². The Morgan fingerprint density at radius 1 is 1.40 bits per heavy atom. The van der Waals surface area contributed by atoms with Gasteiger partial charge < -0.3 is 4.79 Å². The topological polar surface area (TPSA) is 45.0 Å². The molecule has 2 fully saturated rings. The van der Waals surface area contributed by atoms with Crippen molar-refractivity contribution in [1.29, 1.82) is 0 Å². The Kier molecular flexibility index (Phi) is 2.84. The minimum Gasteiger partial charge on any atom is -0.301 e. The van der Waals surface area contributed by atoms with Gasteiger partial charge in [-0.2, -0.15) is 5.10 Å². The first kappa shape index (κ1) is 10.3. The van der Waals surface area contributed by atoms with Crippen LogP contribution in [0.3, 0.4) is 0 Å². The lowest BCUT2D eigenvalue weighted by atomic mass is 9.84. The molecule has 1 heterocycles. The molecule has 0 aromatic heterocycles. The van der Waals surface area contributed by atoms with E-state index in [1.165, 1.54) is 25.7 Å². The molecule has 1 spiro atoms. The molecule has 1 aliphatic carbocycles. The zero-order chi connectivity index (χ0) is 10.7. The molecule has 15 heavy (non-hydrogen) atoms. The van der Waals surface area contributed by atoms with Crippen molar-refractivity contribution in [2.24, 2.45) is 15.5 Å². The molecule has 0 atom stereocenters.